The lowest BCUT2D eigenvalue weighted by molar-refractivity contribution is 0.0834. The molecule has 41 heavy (non-hydrogen) atoms. The van der Waals surface area contributed by atoms with Crippen LogP contribution in [0.4, 0.5) is 5.95 Å². The fourth-order valence-electron chi connectivity index (χ4n) is 6.56. The Morgan fingerprint density at radius 2 is 2.00 bits per heavy atom. The summed E-state index contributed by atoms with van der Waals surface area (Å²) in [6, 6.07) is 7.06. The van der Waals surface area contributed by atoms with E-state index in [0.717, 1.165) is 61.2 Å². The van der Waals surface area contributed by atoms with Gasteiger partial charge in [0.15, 0.2) is 0 Å². The Morgan fingerprint density at radius 3 is 2.73 bits per heavy atom. The van der Waals surface area contributed by atoms with Gasteiger partial charge in [0.1, 0.15) is 0 Å². The number of piperidine rings is 1. The molecule has 218 valence electrons. The number of hydrogen-bond donors (Lipinski definition) is 3. The number of anilines is 1. The van der Waals surface area contributed by atoms with Crippen molar-refractivity contribution in [2.24, 2.45) is 11.8 Å². The van der Waals surface area contributed by atoms with Crippen LogP contribution in [-0.4, -0.2) is 81.3 Å². The fraction of sp³-hybridized carbons (Fsp3) is 0.515. The number of aryl methyl sites for hydroxylation is 1. The minimum absolute atomic E-state index is 0.125. The first-order chi connectivity index (χ1) is 19.7. The van der Waals surface area contributed by atoms with E-state index in [1.54, 1.807) is 6.20 Å². The fourth-order valence-corrected chi connectivity index (χ4v) is 6.75. The third kappa shape index (κ3) is 6.38. The number of likely N-dealkylation sites (tertiary alicyclic amines) is 1. The van der Waals surface area contributed by atoms with Gasteiger partial charge in [-0.2, -0.15) is 0 Å². The van der Waals surface area contributed by atoms with Crippen LogP contribution in [0, 0.1) is 18.8 Å². The van der Waals surface area contributed by atoms with Gasteiger partial charge in [-0.25, -0.2) is 9.97 Å². The number of nitrogens with zero attached hydrogens (tertiary/aromatic N) is 4. The van der Waals surface area contributed by atoms with E-state index in [0.29, 0.717) is 28.8 Å². The Hall–Kier alpha value is -2.71. The van der Waals surface area contributed by atoms with Gasteiger partial charge < -0.3 is 20.3 Å². The summed E-state index contributed by atoms with van der Waals surface area (Å²) < 4.78 is 0. The largest absolute Gasteiger partial charge is 0.392 e. The van der Waals surface area contributed by atoms with Crippen molar-refractivity contribution in [3.63, 3.8) is 0 Å². The number of aliphatic hydroxyl groups excluding tert-OH is 1. The number of aromatic amines is 1. The summed E-state index contributed by atoms with van der Waals surface area (Å²) in [4.78, 5) is 17.8. The molecular formula is C33H43ClN6O. The molecule has 0 radical (unpaired) electrons. The zero-order valence-corrected chi connectivity index (χ0v) is 25.5. The van der Waals surface area contributed by atoms with Crippen LogP contribution in [0.3, 0.4) is 0 Å². The van der Waals surface area contributed by atoms with Crippen molar-refractivity contribution in [2.75, 3.05) is 38.5 Å². The maximum absolute atomic E-state index is 9.80. The van der Waals surface area contributed by atoms with Gasteiger partial charge in [-0.1, -0.05) is 48.4 Å². The first-order valence-corrected chi connectivity index (χ1v) is 15.5. The molecule has 2 fully saturated rings. The highest BCUT2D eigenvalue weighted by Crippen LogP contribution is 2.41. The van der Waals surface area contributed by atoms with Crippen molar-refractivity contribution in [2.45, 2.75) is 64.6 Å². The van der Waals surface area contributed by atoms with Crippen LogP contribution < -0.4 is 5.32 Å². The minimum atomic E-state index is -0.282. The number of rotatable bonds is 9. The number of fused-ring (bicyclic) bond motifs is 1. The maximum atomic E-state index is 9.80. The van der Waals surface area contributed by atoms with Crippen LogP contribution in [0.2, 0.25) is 5.02 Å². The molecule has 3 N–H and O–H groups in total. The maximum Gasteiger partial charge on any atom is 0.223 e. The topological polar surface area (TPSA) is 80.3 Å². The number of aliphatic hydroxyl groups is 1. The zero-order valence-electron chi connectivity index (χ0n) is 24.7. The summed E-state index contributed by atoms with van der Waals surface area (Å²) >= 11 is 6.64. The molecule has 7 nitrogen and oxygen atoms in total. The number of likely N-dealkylation sites (N-methyl/N-ethyl adjacent to an activating group) is 1. The van der Waals surface area contributed by atoms with Crippen LogP contribution in [0.25, 0.3) is 22.2 Å². The van der Waals surface area contributed by atoms with Gasteiger partial charge in [-0.3, -0.25) is 4.90 Å². The average Bonchev–Trinajstić information content (AvgIpc) is 3.71. The first-order valence-electron chi connectivity index (χ1n) is 15.1. The molecular weight excluding hydrogens is 532 g/mol. The van der Waals surface area contributed by atoms with Gasteiger partial charge in [-0.15, -0.1) is 0 Å². The number of halogens is 1. The molecule has 0 bridgehead atoms. The normalized spacial score (nSPS) is 23.1. The van der Waals surface area contributed by atoms with Crippen molar-refractivity contribution >= 4 is 28.5 Å². The summed E-state index contributed by atoms with van der Waals surface area (Å²) in [5.74, 6) is 1.61. The molecule has 1 aliphatic heterocycles. The first kappa shape index (κ1) is 28.4. The van der Waals surface area contributed by atoms with Gasteiger partial charge in [-0.05, 0) is 82.8 Å². The second-order valence-corrected chi connectivity index (χ2v) is 13.0. The van der Waals surface area contributed by atoms with E-state index < -0.39 is 0 Å². The lowest BCUT2D eigenvalue weighted by Gasteiger charge is -2.39. The number of aromatic nitrogens is 3. The number of nitrogens with one attached hydrogen (secondary N) is 2. The van der Waals surface area contributed by atoms with E-state index in [1.807, 2.05) is 13.1 Å². The second-order valence-electron chi connectivity index (χ2n) is 12.6. The van der Waals surface area contributed by atoms with Gasteiger partial charge >= 0.3 is 0 Å². The summed E-state index contributed by atoms with van der Waals surface area (Å²) in [7, 11) is 2.14. The number of hydrogen-bond acceptors (Lipinski definition) is 6. The Bertz CT molecular complexity index is 1450. The number of benzene rings is 1. The molecule has 3 aliphatic rings. The van der Waals surface area contributed by atoms with Crippen LogP contribution in [0.1, 0.15) is 45.1 Å². The van der Waals surface area contributed by atoms with Gasteiger partial charge in [0, 0.05) is 47.7 Å². The Kier molecular flexibility index (Phi) is 8.23. The molecule has 0 amide bonds. The van der Waals surface area contributed by atoms with E-state index in [1.165, 1.54) is 29.6 Å². The smallest absolute Gasteiger partial charge is 0.223 e. The highest BCUT2D eigenvalue weighted by Gasteiger charge is 2.33. The highest BCUT2D eigenvalue weighted by atomic mass is 35.5. The third-order valence-corrected chi connectivity index (χ3v) is 9.44. The lowest BCUT2D eigenvalue weighted by atomic mass is 9.84. The van der Waals surface area contributed by atoms with Crippen LogP contribution in [-0.2, 0) is 0 Å². The molecule has 2 aromatic heterocycles. The molecule has 1 saturated heterocycles. The van der Waals surface area contributed by atoms with Crippen molar-refractivity contribution in [1.82, 2.24) is 24.8 Å². The van der Waals surface area contributed by atoms with Gasteiger partial charge in [0.2, 0.25) is 5.95 Å². The van der Waals surface area contributed by atoms with Crippen molar-refractivity contribution in [1.29, 1.82) is 0 Å². The molecule has 2 aliphatic carbocycles. The predicted molar refractivity (Wildman–Crippen MR) is 168 cm³/mol. The van der Waals surface area contributed by atoms with E-state index in [-0.39, 0.29) is 12.1 Å². The molecule has 1 aromatic carbocycles. The second kappa shape index (κ2) is 11.9. The van der Waals surface area contributed by atoms with Crippen LogP contribution >= 0.6 is 11.6 Å². The summed E-state index contributed by atoms with van der Waals surface area (Å²) in [6.45, 7) is 10.2. The van der Waals surface area contributed by atoms with Gasteiger partial charge in [0.25, 0.3) is 0 Å². The van der Waals surface area contributed by atoms with E-state index >= 15 is 0 Å². The molecule has 3 aromatic rings. The molecule has 8 heteroatoms. The van der Waals surface area contributed by atoms with E-state index in [9.17, 15) is 5.11 Å². The molecule has 3 heterocycles. The van der Waals surface area contributed by atoms with E-state index in [2.05, 4.69) is 76.3 Å². The van der Waals surface area contributed by atoms with E-state index in [4.69, 9.17) is 16.6 Å². The van der Waals surface area contributed by atoms with Crippen molar-refractivity contribution in [3.8, 4) is 11.3 Å². The quantitative estimate of drug-likeness (QED) is 0.288. The van der Waals surface area contributed by atoms with Crippen LogP contribution in [0.5, 0.6) is 0 Å². The molecule has 3 atom stereocenters. The highest BCUT2D eigenvalue weighted by molar-refractivity contribution is 6.33. The van der Waals surface area contributed by atoms with Crippen molar-refractivity contribution < 1.29 is 5.11 Å². The number of allylic oxidation sites excluding steroid dienone is 2. The Morgan fingerprint density at radius 1 is 1.22 bits per heavy atom. The Labute approximate surface area is 248 Å². The summed E-state index contributed by atoms with van der Waals surface area (Å²) in [5.41, 5.74) is 6.98. The van der Waals surface area contributed by atoms with Crippen molar-refractivity contribution in [3.05, 3.63) is 64.5 Å². The monoisotopic (exact) mass is 574 g/mol. The van der Waals surface area contributed by atoms with Gasteiger partial charge in [0.05, 0.1) is 29.1 Å². The third-order valence-electron chi connectivity index (χ3n) is 9.17. The molecule has 1 saturated carbocycles. The molecule has 2 unspecified atom stereocenters. The zero-order chi connectivity index (χ0) is 28.7. The molecule has 6 rings (SSSR count). The lowest BCUT2D eigenvalue weighted by Crippen LogP contribution is -2.46. The minimum Gasteiger partial charge on any atom is -0.392 e. The molecule has 0 spiro atoms. The SMILES string of the molecule is Cc1ccc2c(-c3nc(NC4C=C(C5CC5)C=C(CN5CCC(N(C)C[C@H](C)O)CC5)C4C)ncc3Cl)c[nH]c2c1. The summed E-state index contributed by atoms with van der Waals surface area (Å²) in [6.07, 6.45) is 13.2. The Balaban J connectivity index is 1.17. The predicted octanol–water partition coefficient (Wildman–Crippen LogP) is 6.06. The number of H-pyrrole nitrogens is 1. The average molecular weight is 575 g/mol. The summed E-state index contributed by atoms with van der Waals surface area (Å²) in [5, 5.41) is 15.1. The standard InChI is InChI=1S/C33H43ClN6O/c1-20-5-8-27-28(16-35-31(27)13-20)32-29(34)17-36-33(38-32)37-30-15-24(23-6-7-23)14-25(22(30)3)19-40-11-9-26(10-12-40)39(4)18-21(2)41/h5,8,13-17,21-23,26,30,35,41H,6-7,9-12,18-19H2,1-4H3,(H,36,37,38)/t21-,22?,30?/m0/s1. The van der Waals surface area contributed by atoms with Crippen LogP contribution in [0.15, 0.2) is 53.9 Å².